The largest absolute Gasteiger partial charge is 0.508 e. The molecule has 1 aliphatic heterocycles. The first kappa shape index (κ1) is 23.6. The van der Waals surface area contributed by atoms with E-state index < -0.39 is 0 Å². The second kappa shape index (κ2) is 9.87. The minimum Gasteiger partial charge on any atom is -0.508 e. The van der Waals surface area contributed by atoms with Crippen LogP contribution in [0.25, 0.3) is 16.6 Å². The van der Waals surface area contributed by atoms with E-state index in [4.69, 9.17) is 11.5 Å². The molecule has 3 aromatic heterocycles. The van der Waals surface area contributed by atoms with Gasteiger partial charge in [0.2, 0.25) is 0 Å². The van der Waals surface area contributed by atoms with Gasteiger partial charge in [0.15, 0.2) is 0 Å². The van der Waals surface area contributed by atoms with Crippen LogP contribution < -0.4 is 21.7 Å². The number of benzene rings is 1. The Bertz CT molecular complexity index is 1420. The summed E-state index contributed by atoms with van der Waals surface area (Å²) in [4.78, 5) is 11.4. The molecule has 1 saturated heterocycles. The second-order valence-corrected chi connectivity index (χ2v) is 9.14. The van der Waals surface area contributed by atoms with Crippen molar-refractivity contribution < 1.29 is 5.11 Å². The number of nitrogen functional groups attached to an aromatic ring is 1. The molecule has 0 unspecified atom stereocenters. The van der Waals surface area contributed by atoms with Crippen molar-refractivity contribution >= 4 is 28.4 Å². The van der Waals surface area contributed by atoms with Gasteiger partial charge in [0.05, 0.1) is 28.7 Å². The van der Waals surface area contributed by atoms with Crippen LogP contribution in [0.2, 0.25) is 0 Å². The molecule has 36 heavy (non-hydrogen) atoms. The third kappa shape index (κ3) is 4.45. The van der Waals surface area contributed by atoms with E-state index in [-0.39, 0.29) is 11.6 Å². The summed E-state index contributed by atoms with van der Waals surface area (Å²) in [5.41, 5.74) is 19.6. The van der Waals surface area contributed by atoms with Crippen molar-refractivity contribution in [2.45, 2.75) is 32.2 Å². The number of aromatic nitrogens is 3. The number of piperidine rings is 1. The Morgan fingerprint density at radius 1 is 1.19 bits per heavy atom. The number of rotatable bonds is 6. The molecule has 0 radical (unpaired) electrons. The first-order chi connectivity index (χ1) is 17.5. The predicted octanol–water partition coefficient (Wildman–Crippen LogP) is 3.47. The standard InChI is InChI=1S/C27H32N8O/c1-3-17-12-20(36)4-5-23(17)33-27(29)22-15-32-35-16-18(13-25(35)26(22)28)21-14-31-9-6-24(21)34-10-7-19(30-2)8-11-34/h4-6,9,12-16,19,30,36H,3,7-8,10-11,28H2,1-2H3,(H2,29,33). The number of amidine groups is 1. The Labute approximate surface area is 210 Å². The number of pyridine rings is 1. The lowest BCUT2D eigenvalue weighted by molar-refractivity contribution is 0.442. The first-order valence-electron chi connectivity index (χ1n) is 12.3. The van der Waals surface area contributed by atoms with Crippen LogP contribution in [0.15, 0.2) is 60.1 Å². The molecule has 0 aliphatic carbocycles. The lowest BCUT2D eigenvalue weighted by Gasteiger charge is -2.34. The van der Waals surface area contributed by atoms with Gasteiger partial charge in [-0.2, -0.15) is 5.10 Å². The molecule has 1 aliphatic rings. The SMILES string of the molecule is CCc1cc(O)ccc1N=C(N)c1cnn2cc(-c3cnccc3N3CCC(NC)CC3)cc2c1N. The van der Waals surface area contributed by atoms with E-state index in [0.29, 0.717) is 23.0 Å². The van der Waals surface area contributed by atoms with Crippen LogP contribution in [-0.2, 0) is 6.42 Å². The van der Waals surface area contributed by atoms with E-state index in [1.165, 1.54) is 0 Å². The summed E-state index contributed by atoms with van der Waals surface area (Å²) in [5, 5.41) is 17.7. The molecule has 1 fully saturated rings. The Balaban J connectivity index is 1.50. The van der Waals surface area contributed by atoms with Crippen LogP contribution >= 0.6 is 0 Å². The van der Waals surface area contributed by atoms with Crippen molar-refractivity contribution in [1.29, 1.82) is 0 Å². The Hall–Kier alpha value is -4.11. The van der Waals surface area contributed by atoms with E-state index in [9.17, 15) is 5.11 Å². The monoisotopic (exact) mass is 484 g/mol. The van der Waals surface area contributed by atoms with Crippen molar-refractivity contribution in [2.24, 2.45) is 10.7 Å². The van der Waals surface area contributed by atoms with Gasteiger partial charge in [-0.25, -0.2) is 9.51 Å². The van der Waals surface area contributed by atoms with Crippen molar-refractivity contribution in [3.63, 3.8) is 0 Å². The smallest absolute Gasteiger partial charge is 0.135 e. The fraction of sp³-hybridized carbons (Fsp3) is 0.296. The quantitative estimate of drug-likeness (QED) is 0.243. The number of phenolic OH excluding ortho intramolecular Hbond substituents is 1. The van der Waals surface area contributed by atoms with Crippen LogP contribution in [-0.4, -0.2) is 51.7 Å². The maximum Gasteiger partial charge on any atom is 0.135 e. The maximum absolute atomic E-state index is 9.78. The number of anilines is 2. The molecular weight excluding hydrogens is 452 g/mol. The average Bonchev–Trinajstić information content (AvgIpc) is 3.35. The summed E-state index contributed by atoms with van der Waals surface area (Å²) in [6.45, 7) is 3.98. The zero-order valence-electron chi connectivity index (χ0n) is 20.6. The molecule has 4 heterocycles. The molecule has 9 heteroatoms. The molecule has 9 nitrogen and oxygen atoms in total. The van der Waals surface area contributed by atoms with Crippen LogP contribution in [0.1, 0.15) is 30.9 Å². The lowest BCUT2D eigenvalue weighted by atomic mass is 10.0. The van der Waals surface area contributed by atoms with Gasteiger partial charge in [0.25, 0.3) is 0 Å². The van der Waals surface area contributed by atoms with Crippen LogP contribution in [0.3, 0.4) is 0 Å². The van der Waals surface area contributed by atoms with Gasteiger partial charge < -0.3 is 26.8 Å². The minimum atomic E-state index is 0.203. The van der Waals surface area contributed by atoms with E-state index in [0.717, 1.165) is 60.2 Å². The molecule has 0 spiro atoms. The average molecular weight is 485 g/mol. The van der Waals surface area contributed by atoms with Crippen LogP contribution in [0, 0.1) is 0 Å². The molecule has 1 aromatic carbocycles. The summed E-state index contributed by atoms with van der Waals surface area (Å²) in [7, 11) is 2.03. The molecule has 4 aromatic rings. The zero-order valence-corrected chi connectivity index (χ0v) is 20.6. The third-order valence-corrected chi connectivity index (χ3v) is 6.99. The summed E-state index contributed by atoms with van der Waals surface area (Å²) in [6, 6.07) is 9.71. The van der Waals surface area contributed by atoms with Crippen LogP contribution in [0.5, 0.6) is 5.75 Å². The van der Waals surface area contributed by atoms with Gasteiger partial charge in [-0.3, -0.25) is 4.98 Å². The molecule has 0 atom stereocenters. The van der Waals surface area contributed by atoms with Crippen molar-refractivity contribution in [3.05, 3.63) is 66.2 Å². The Morgan fingerprint density at radius 3 is 2.75 bits per heavy atom. The number of aromatic hydroxyl groups is 1. The number of fused-ring (bicyclic) bond motifs is 1. The molecule has 0 bridgehead atoms. The summed E-state index contributed by atoms with van der Waals surface area (Å²) in [5.74, 6) is 0.481. The number of phenols is 1. The Morgan fingerprint density at radius 2 is 2.00 bits per heavy atom. The fourth-order valence-corrected chi connectivity index (χ4v) is 4.88. The molecule has 5 rings (SSSR count). The van der Waals surface area contributed by atoms with Gasteiger partial charge in [0, 0.05) is 54.5 Å². The number of aryl methyl sites for hydroxylation is 1. The van der Waals surface area contributed by atoms with E-state index >= 15 is 0 Å². The van der Waals surface area contributed by atoms with Crippen molar-refractivity contribution in [3.8, 4) is 16.9 Å². The molecule has 0 saturated carbocycles. The number of nitrogens with two attached hydrogens (primary N) is 2. The van der Waals surface area contributed by atoms with E-state index in [1.54, 1.807) is 28.9 Å². The van der Waals surface area contributed by atoms with Crippen molar-refractivity contribution in [2.75, 3.05) is 30.8 Å². The predicted molar refractivity (Wildman–Crippen MR) is 145 cm³/mol. The second-order valence-electron chi connectivity index (χ2n) is 9.14. The summed E-state index contributed by atoms with van der Waals surface area (Å²) >= 11 is 0. The highest BCUT2D eigenvalue weighted by atomic mass is 16.3. The molecule has 6 N–H and O–H groups in total. The highest BCUT2D eigenvalue weighted by molar-refractivity contribution is 6.06. The maximum atomic E-state index is 9.78. The van der Waals surface area contributed by atoms with Gasteiger partial charge in [-0.05, 0) is 62.2 Å². The topological polar surface area (TPSA) is 130 Å². The minimum absolute atomic E-state index is 0.203. The molecule has 186 valence electrons. The number of aliphatic imine (C=N–C) groups is 1. The van der Waals surface area contributed by atoms with E-state index in [2.05, 4.69) is 31.4 Å². The van der Waals surface area contributed by atoms with Gasteiger partial charge >= 0.3 is 0 Å². The normalized spacial score (nSPS) is 15.1. The number of nitrogens with zero attached hydrogens (tertiary/aromatic N) is 5. The number of hydrogen-bond acceptors (Lipinski definition) is 7. The third-order valence-electron chi connectivity index (χ3n) is 6.99. The zero-order chi connectivity index (χ0) is 25.2. The molecular formula is C27H32N8O. The highest BCUT2D eigenvalue weighted by Gasteiger charge is 2.21. The highest BCUT2D eigenvalue weighted by Crippen LogP contribution is 2.34. The van der Waals surface area contributed by atoms with Gasteiger partial charge in [-0.1, -0.05) is 6.92 Å². The van der Waals surface area contributed by atoms with Crippen LogP contribution in [0.4, 0.5) is 17.1 Å². The fourth-order valence-electron chi connectivity index (χ4n) is 4.88. The first-order valence-corrected chi connectivity index (χ1v) is 12.3. The van der Waals surface area contributed by atoms with Crippen molar-refractivity contribution in [1.82, 2.24) is 19.9 Å². The Kier molecular flexibility index (Phi) is 6.47. The number of hydrogen-bond donors (Lipinski definition) is 4. The summed E-state index contributed by atoms with van der Waals surface area (Å²) < 4.78 is 1.77. The summed E-state index contributed by atoms with van der Waals surface area (Å²) in [6.07, 6.45) is 10.3. The lowest BCUT2D eigenvalue weighted by Crippen LogP contribution is -2.41. The molecule has 0 amide bonds. The van der Waals surface area contributed by atoms with E-state index in [1.807, 2.05) is 38.6 Å². The number of nitrogens with one attached hydrogen (secondary N) is 1. The van der Waals surface area contributed by atoms with Gasteiger partial charge in [0.1, 0.15) is 11.6 Å². The van der Waals surface area contributed by atoms with Gasteiger partial charge in [-0.15, -0.1) is 0 Å².